The molecule has 1 fully saturated rings. The molecule has 1 aliphatic rings. The van der Waals surface area contributed by atoms with Gasteiger partial charge in [0.05, 0.1) is 5.02 Å². The molecule has 6 nitrogen and oxygen atoms in total. The lowest BCUT2D eigenvalue weighted by molar-refractivity contribution is 0.172. The summed E-state index contributed by atoms with van der Waals surface area (Å²) in [6, 6.07) is 16.4. The summed E-state index contributed by atoms with van der Waals surface area (Å²) in [6.07, 6.45) is 0.867. The number of hydrogen-bond acceptors (Lipinski definition) is 4. The molecule has 156 valence electrons. The van der Waals surface area contributed by atoms with Crippen molar-refractivity contribution >= 4 is 39.4 Å². The number of hydrogen-bond donors (Lipinski definition) is 1. The second kappa shape index (κ2) is 10.3. The maximum absolute atomic E-state index is 12.8. The Hall–Kier alpha value is -1.74. The van der Waals surface area contributed by atoms with Crippen molar-refractivity contribution in [3.05, 3.63) is 59.6 Å². The van der Waals surface area contributed by atoms with E-state index in [4.69, 9.17) is 11.6 Å². The van der Waals surface area contributed by atoms with Crippen LogP contribution in [0.1, 0.15) is 6.42 Å². The maximum atomic E-state index is 12.8. The topological polar surface area (TPSA) is 69.7 Å². The van der Waals surface area contributed by atoms with Gasteiger partial charge in [-0.25, -0.2) is 13.2 Å². The van der Waals surface area contributed by atoms with E-state index in [1.165, 1.54) is 15.3 Å². The summed E-state index contributed by atoms with van der Waals surface area (Å²) in [4.78, 5) is 15.3. The molecule has 2 aromatic rings. The van der Waals surface area contributed by atoms with Gasteiger partial charge in [-0.05, 0) is 36.4 Å². The number of carbonyl (C=O) groups is 1. The molecule has 2 amide bonds. The van der Waals surface area contributed by atoms with Crippen molar-refractivity contribution in [2.24, 2.45) is 0 Å². The third-order valence-corrected chi connectivity index (χ3v) is 8.09. The molecule has 0 saturated carbocycles. The number of amides is 2. The molecule has 0 aromatic heterocycles. The molecular formula is C20H24ClN3O3S2. The summed E-state index contributed by atoms with van der Waals surface area (Å²) in [5.74, 6) is 0.925. The lowest BCUT2D eigenvalue weighted by atomic mass is 10.4. The van der Waals surface area contributed by atoms with Crippen LogP contribution in [0.2, 0.25) is 5.02 Å². The number of piperazine rings is 1. The fraction of sp³-hybridized carbons (Fsp3) is 0.350. The Morgan fingerprint density at radius 1 is 1.00 bits per heavy atom. The van der Waals surface area contributed by atoms with E-state index >= 15 is 0 Å². The summed E-state index contributed by atoms with van der Waals surface area (Å²) in [6.45, 7) is 1.81. The van der Waals surface area contributed by atoms with Gasteiger partial charge in [-0.15, -0.1) is 11.8 Å². The molecule has 29 heavy (non-hydrogen) atoms. The molecular weight excluding hydrogens is 430 g/mol. The Kier molecular flexibility index (Phi) is 7.83. The molecule has 1 aliphatic heterocycles. The summed E-state index contributed by atoms with van der Waals surface area (Å²) >= 11 is 7.81. The third kappa shape index (κ3) is 5.88. The van der Waals surface area contributed by atoms with Crippen LogP contribution in [0, 0.1) is 0 Å². The Labute approximate surface area is 181 Å². The van der Waals surface area contributed by atoms with Gasteiger partial charge in [0.15, 0.2) is 0 Å². The minimum Gasteiger partial charge on any atom is -0.338 e. The molecule has 0 atom stereocenters. The molecule has 1 heterocycles. The van der Waals surface area contributed by atoms with Gasteiger partial charge < -0.3 is 10.2 Å². The van der Waals surface area contributed by atoms with E-state index in [0.29, 0.717) is 19.6 Å². The van der Waals surface area contributed by atoms with Crippen molar-refractivity contribution in [3.63, 3.8) is 0 Å². The van der Waals surface area contributed by atoms with Crippen LogP contribution < -0.4 is 5.32 Å². The zero-order valence-electron chi connectivity index (χ0n) is 16.0. The monoisotopic (exact) mass is 453 g/mol. The summed E-state index contributed by atoms with van der Waals surface area (Å²) in [7, 11) is -3.65. The third-order valence-electron chi connectivity index (χ3n) is 4.59. The SMILES string of the molecule is O=C(NCCCSc1ccccc1)N1CCN(S(=O)(=O)c2ccccc2Cl)CC1. The number of benzene rings is 2. The maximum Gasteiger partial charge on any atom is 0.317 e. The highest BCUT2D eigenvalue weighted by atomic mass is 35.5. The molecule has 0 aliphatic carbocycles. The minimum atomic E-state index is -3.65. The summed E-state index contributed by atoms with van der Waals surface area (Å²) in [5.41, 5.74) is 0. The fourth-order valence-electron chi connectivity index (χ4n) is 3.01. The Morgan fingerprint density at radius 2 is 1.66 bits per heavy atom. The van der Waals surface area contributed by atoms with Crippen LogP contribution in [0.4, 0.5) is 4.79 Å². The highest BCUT2D eigenvalue weighted by Gasteiger charge is 2.31. The Morgan fingerprint density at radius 3 is 2.34 bits per heavy atom. The number of rotatable bonds is 7. The number of halogens is 1. The lowest BCUT2D eigenvalue weighted by Gasteiger charge is -2.34. The van der Waals surface area contributed by atoms with Crippen molar-refractivity contribution in [2.75, 3.05) is 38.5 Å². The van der Waals surface area contributed by atoms with E-state index in [1.54, 1.807) is 34.9 Å². The quantitative estimate of drug-likeness (QED) is 0.514. The normalized spacial score (nSPS) is 15.3. The highest BCUT2D eigenvalue weighted by Crippen LogP contribution is 2.25. The average molecular weight is 454 g/mol. The number of urea groups is 1. The van der Waals surface area contributed by atoms with Gasteiger partial charge in [-0.1, -0.05) is 41.9 Å². The van der Waals surface area contributed by atoms with Crippen molar-refractivity contribution < 1.29 is 13.2 Å². The second-order valence-corrected chi connectivity index (χ2v) is 10.1. The molecule has 1 N–H and O–H groups in total. The summed E-state index contributed by atoms with van der Waals surface area (Å²) < 4.78 is 26.9. The van der Waals surface area contributed by atoms with Crippen molar-refractivity contribution in [3.8, 4) is 0 Å². The molecule has 2 aromatic carbocycles. The van der Waals surface area contributed by atoms with Crippen LogP contribution in [0.5, 0.6) is 0 Å². The van der Waals surface area contributed by atoms with E-state index in [-0.39, 0.29) is 29.0 Å². The summed E-state index contributed by atoms with van der Waals surface area (Å²) in [5, 5.41) is 3.13. The van der Waals surface area contributed by atoms with E-state index in [1.807, 2.05) is 18.2 Å². The van der Waals surface area contributed by atoms with Crippen molar-refractivity contribution in [1.29, 1.82) is 0 Å². The van der Waals surface area contributed by atoms with Gasteiger partial charge in [0, 0.05) is 37.6 Å². The van der Waals surface area contributed by atoms with E-state index in [2.05, 4.69) is 17.4 Å². The standard InChI is InChI=1S/C20H24ClN3O3S2/c21-18-9-4-5-10-19(18)29(26,27)24-14-12-23(13-15-24)20(25)22-11-6-16-28-17-7-2-1-3-8-17/h1-5,7-10H,6,11-16H2,(H,22,25). The first-order valence-corrected chi connectivity index (χ1v) is 12.2. The van der Waals surface area contributed by atoms with Crippen LogP contribution in [0.25, 0.3) is 0 Å². The van der Waals surface area contributed by atoms with Gasteiger partial charge in [0.1, 0.15) is 4.90 Å². The number of nitrogens with zero attached hydrogens (tertiary/aromatic N) is 2. The fourth-order valence-corrected chi connectivity index (χ4v) is 5.80. The molecule has 1 saturated heterocycles. The van der Waals surface area contributed by atoms with E-state index in [9.17, 15) is 13.2 Å². The zero-order chi connectivity index (χ0) is 20.7. The zero-order valence-corrected chi connectivity index (χ0v) is 18.3. The number of sulfonamides is 1. The van der Waals surface area contributed by atoms with E-state index < -0.39 is 10.0 Å². The second-order valence-electron chi connectivity index (χ2n) is 6.57. The molecule has 0 bridgehead atoms. The van der Waals surface area contributed by atoms with E-state index in [0.717, 1.165) is 12.2 Å². The molecule has 9 heteroatoms. The van der Waals surface area contributed by atoms with Crippen molar-refractivity contribution in [1.82, 2.24) is 14.5 Å². The lowest BCUT2D eigenvalue weighted by Crippen LogP contribution is -2.53. The number of thioether (sulfide) groups is 1. The molecule has 0 radical (unpaired) electrons. The molecule has 0 spiro atoms. The number of nitrogens with one attached hydrogen (secondary N) is 1. The molecule has 0 unspecified atom stereocenters. The van der Waals surface area contributed by atoms with Gasteiger partial charge in [-0.3, -0.25) is 0 Å². The molecule has 3 rings (SSSR count). The van der Waals surface area contributed by atoms with Crippen LogP contribution in [-0.2, 0) is 10.0 Å². The van der Waals surface area contributed by atoms with Crippen LogP contribution in [0.3, 0.4) is 0 Å². The van der Waals surface area contributed by atoms with Crippen molar-refractivity contribution in [2.45, 2.75) is 16.2 Å². The largest absolute Gasteiger partial charge is 0.338 e. The van der Waals surface area contributed by atoms with Crippen LogP contribution >= 0.6 is 23.4 Å². The van der Waals surface area contributed by atoms with Gasteiger partial charge >= 0.3 is 6.03 Å². The van der Waals surface area contributed by atoms with Gasteiger partial charge in [0.2, 0.25) is 10.0 Å². The average Bonchev–Trinajstić information content (AvgIpc) is 2.74. The highest BCUT2D eigenvalue weighted by molar-refractivity contribution is 7.99. The minimum absolute atomic E-state index is 0.107. The first-order chi connectivity index (χ1) is 14.0. The Bertz CT molecular complexity index is 918. The van der Waals surface area contributed by atoms with Gasteiger partial charge in [0.25, 0.3) is 0 Å². The Balaban J connectivity index is 1.41. The predicted molar refractivity (Wildman–Crippen MR) is 117 cm³/mol. The first kappa shape index (κ1) is 22.0. The number of carbonyl (C=O) groups excluding carboxylic acids is 1. The van der Waals surface area contributed by atoms with Crippen LogP contribution in [0.15, 0.2) is 64.4 Å². The first-order valence-electron chi connectivity index (χ1n) is 9.44. The van der Waals surface area contributed by atoms with Crippen LogP contribution in [-0.4, -0.2) is 62.1 Å². The van der Waals surface area contributed by atoms with Gasteiger partial charge in [-0.2, -0.15) is 4.31 Å². The predicted octanol–water partition coefficient (Wildman–Crippen LogP) is 3.54. The smallest absolute Gasteiger partial charge is 0.317 e.